The first-order valence-corrected chi connectivity index (χ1v) is 9.86. The molecule has 0 bridgehead atoms. The normalized spacial score (nSPS) is 22.3. The number of piperidine rings is 1. The number of hydrogen-bond donors (Lipinski definition) is 1. The highest BCUT2D eigenvalue weighted by Crippen LogP contribution is 2.28. The van der Waals surface area contributed by atoms with Gasteiger partial charge in [0.1, 0.15) is 0 Å². The van der Waals surface area contributed by atoms with Gasteiger partial charge in [-0.3, -0.25) is 0 Å². The molecule has 0 amide bonds. The number of thiazole rings is 1. The first-order chi connectivity index (χ1) is 9.95. The van der Waals surface area contributed by atoms with Crippen LogP contribution in [0.15, 0.2) is 10.4 Å². The van der Waals surface area contributed by atoms with Crippen molar-refractivity contribution >= 4 is 21.4 Å². The van der Waals surface area contributed by atoms with Crippen molar-refractivity contribution in [3.05, 3.63) is 11.2 Å². The van der Waals surface area contributed by atoms with E-state index in [2.05, 4.69) is 24.1 Å². The summed E-state index contributed by atoms with van der Waals surface area (Å²) < 4.78 is 27.3. The van der Waals surface area contributed by atoms with Crippen molar-refractivity contribution in [3.63, 3.8) is 0 Å². The van der Waals surface area contributed by atoms with Gasteiger partial charge in [-0.15, -0.1) is 11.3 Å². The van der Waals surface area contributed by atoms with Crippen LogP contribution in [0, 0.1) is 12.8 Å². The Morgan fingerprint density at radius 2 is 2.33 bits per heavy atom. The fourth-order valence-corrected chi connectivity index (χ4v) is 5.53. The molecule has 0 aromatic carbocycles. The van der Waals surface area contributed by atoms with Crippen molar-refractivity contribution in [1.29, 1.82) is 0 Å². The Bertz CT molecular complexity index is 556. The van der Waals surface area contributed by atoms with Crippen LogP contribution in [-0.4, -0.2) is 43.4 Å². The smallest absolute Gasteiger partial charge is 0.254 e. The molecule has 1 N–H and O–H groups in total. The minimum Gasteiger partial charge on any atom is -0.314 e. The van der Waals surface area contributed by atoms with Crippen molar-refractivity contribution in [2.45, 2.75) is 50.3 Å². The molecule has 0 radical (unpaired) electrons. The van der Waals surface area contributed by atoms with E-state index in [1.54, 1.807) is 4.31 Å². The van der Waals surface area contributed by atoms with Crippen LogP contribution in [0.1, 0.15) is 38.1 Å². The van der Waals surface area contributed by atoms with E-state index in [1.165, 1.54) is 17.5 Å². The fourth-order valence-electron chi connectivity index (χ4n) is 2.73. The maximum atomic E-state index is 12.7. The quantitative estimate of drug-likeness (QED) is 0.868. The second-order valence-electron chi connectivity index (χ2n) is 5.71. The summed E-state index contributed by atoms with van der Waals surface area (Å²) in [4.78, 5) is 4.07. The van der Waals surface area contributed by atoms with Gasteiger partial charge in [-0.25, -0.2) is 13.4 Å². The molecule has 0 spiro atoms. The van der Waals surface area contributed by atoms with Crippen LogP contribution in [-0.2, 0) is 10.0 Å². The summed E-state index contributed by atoms with van der Waals surface area (Å²) in [6, 6.07) is 0.353. The van der Waals surface area contributed by atoms with Gasteiger partial charge in [0.05, 0.1) is 11.2 Å². The van der Waals surface area contributed by atoms with Gasteiger partial charge in [0.2, 0.25) is 0 Å². The molecular formula is C14H25N3O2S2. The number of rotatable bonds is 6. The lowest BCUT2D eigenvalue weighted by Gasteiger charge is -2.35. The van der Waals surface area contributed by atoms with E-state index in [9.17, 15) is 8.42 Å². The summed E-state index contributed by atoms with van der Waals surface area (Å²) in [5.74, 6) is 0.383. The van der Waals surface area contributed by atoms with Gasteiger partial charge in [-0.05, 0) is 45.6 Å². The van der Waals surface area contributed by atoms with Gasteiger partial charge >= 0.3 is 0 Å². The van der Waals surface area contributed by atoms with Crippen LogP contribution in [0.4, 0.5) is 0 Å². The monoisotopic (exact) mass is 331 g/mol. The molecular weight excluding hydrogens is 306 g/mol. The van der Waals surface area contributed by atoms with E-state index in [0.717, 1.165) is 30.8 Å². The second-order valence-corrected chi connectivity index (χ2v) is 9.11. The largest absolute Gasteiger partial charge is 0.314 e. The SMILES string of the molecule is CCCNC(C)C1CCCN(S(=O)(=O)c2cnc(C)s2)C1. The zero-order chi connectivity index (χ0) is 15.5. The van der Waals surface area contributed by atoms with E-state index < -0.39 is 10.0 Å². The molecule has 7 heteroatoms. The number of nitrogens with one attached hydrogen (secondary N) is 1. The van der Waals surface area contributed by atoms with Gasteiger partial charge in [-0.1, -0.05) is 6.92 Å². The third-order valence-corrected chi connectivity index (χ3v) is 7.25. The zero-order valence-electron chi connectivity index (χ0n) is 13.0. The van der Waals surface area contributed by atoms with Gasteiger partial charge in [0, 0.05) is 19.1 Å². The van der Waals surface area contributed by atoms with Gasteiger partial charge in [-0.2, -0.15) is 4.31 Å². The minimum absolute atomic E-state index is 0.353. The average molecular weight is 332 g/mol. The van der Waals surface area contributed by atoms with Crippen molar-refractivity contribution < 1.29 is 8.42 Å². The van der Waals surface area contributed by atoms with Crippen LogP contribution in [0.5, 0.6) is 0 Å². The van der Waals surface area contributed by atoms with E-state index >= 15 is 0 Å². The van der Waals surface area contributed by atoms with Crippen LogP contribution in [0.3, 0.4) is 0 Å². The second kappa shape index (κ2) is 7.17. The Morgan fingerprint density at radius 3 is 2.95 bits per heavy atom. The maximum absolute atomic E-state index is 12.7. The molecule has 0 aliphatic carbocycles. The Hall–Kier alpha value is -0.500. The number of nitrogens with zero attached hydrogens (tertiary/aromatic N) is 2. The lowest BCUT2D eigenvalue weighted by atomic mass is 9.93. The Labute approximate surface area is 131 Å². The lowest BCUT2D eigenvalue weighted by Crippen LogP contribution is -2.46. The average Bonchev–Trinajstić information content (AvgIpc) is 2.92. The van der Waals surface area contributed by atoms with Crippen molar-refractivity contribution in [3.8, 4) is 0 Å². The number of aryl methyl sites for hydroxylation is 1. The van der Waals surface area contributed by atoms with Crippen molar-refractivity contribution in [2.24, 2.45) is 5.92 Å². The minimum atomic E-state index is -3.37. The van der Waals surface area contributed by atoms with E-state index in [-0.39, 0.29) is 0 Å². The molecule has 1 fully saturated rings. The molecule has 1 aliphatic rings. The molecule has 1 aromatic heterocycles. The number of sulfonamides is 1. The van der Waals surface area contributed by atoms with Crippen LogP contribution < -0.4 is 5.32 Å². The molecule has 120 valence electrons. The Kier molecular flexibility index (Phi) is 5.76. The predicted octanol–water partition coefficient (Wildman–Crippen LogP) is 2.24. The Balaban J connectivity index is 2.06. The van der Waals surface area contributed by atoms with Gasteiger partial charge in [0.15, 0.2) is 4.21 Å². The van der Waals surface area contributed by atoms with Crippen LogP contribution in [0.2, 0.25) is 0 Å². The summed E-state index contributed by atoms with van der Waals surface area (Å²) >= 11 is 1.26. The summed E-state index contributed by atoms with van der Waals surface area (Å²) in [6.07, 6.45) is 4.60. The molecule has 2 atom stereocenters. The van der Waals surface area contributed by atoms with Crippen LogP contribution in [0.25, 0.3) is 0 Å². The molecule has 2 heterocycles. The molecule has 2 unspecified atom stereocenters. The maximum Gasteiger partial charge on any atom is 0.254 e. The first kappa shape index (κ1) is 16.9. The highest BCUT2D eigenvalue weighted by atomic mass is 32.2. The van der Waals surface area contributed by atoms with Crippen molar-refractivity contribution in [1.82, 2.24) is 14.6 Å². The van der Waals surface area contributed by atoms with Crippen molar-refractivity contribution in [2.75, 3.05) is 19.6 Å². The third-order valence-electron chi connectivity index (χ3n) is 4.04. The van der Waals surface area contributed by atoms with E-state index in [0.29, 0.717) is 29.3 Å². The zero-order valence-corrected chi connectivity index (χ0v) is 14.6. The molecule has 2 rings (SSSR count). The molecule has 21 heavy (non-hydrogen) atoms. The molecule has 1 aromatic rings. The number of hydrogen-bond acceptors (Lipinski definition) is 5. The summed E-state index contributed by atoms with van der Waals surface area (Å²) in [7, 11) is -3.37. The Morgan fingerprint density at radius 1 is 1.57 bits per heavy atom. The predicted molar refractivity (Wildman–Crippen MR) is 86.1 cm³/mol. The molecule has 5 nitrogen and oxygen atoms in total. The van der Waals surface area contributed by atoms with Crippen LogP contribution >= 0.6 is 11.3 Å². The molecule has 1 aliphatic heterocycles. The van der Waals surface area contributed by atoms with Gasteiger partial charge < -0.3 is 5.32 Å². The van der Waals surface area contributed by atoms with E-state index in [1.807, 2.05) is 6.92 Å². The number of aromatic nitrogens is 1. The standard InChI is InChI=1S/C14H25N3O2S2/c1-4-7-15-11(2)13-6-5-8-17(10-13)21(18,19)14-9-16-12(3)20-14/h9,11,13,15H,4-8,10H2,1-3H3. The fraction of sp³-hybridized carbons (Fsp3) is 0.786. The topological polar surface area (TPSA) is 62.3 Å². The summed E-state index contributed by atoms with van der Waals surface area (Å²) in [5.41, 5.74) is 0. The first-order valence-electron chi connectivity index (χ1n) is 7.61. The molecule has 0 saturated carbocycles. The summed E-state index contributed by atoms with van der Waals surface area (Å²) in [6.45, 7) is 8.35. The molecule has 1 saturated heterocycles. The highest BCUT2D eigenvalue weighted by molar-refractivity contribution is 7.91. The summed E-state index contributed by atoms with van der Waals surface area (Å²) in [5, 5.41) is 4.28. The van der Waals surface area contributed by atoms with E-state index in [4.69, 9.17) is 0 Å². The lowest BCUT2D eigenvalue weighted by molar-refractivity contribution is 0.224. The third kappa shape index (κ3) is 4.03. The van der Waals surface area contributed by atoms with Gasteiger partial charge in [0.25, 0.3) is 10.0 Å². The highest BCUT2D eigenvalue weighted by Gasteiger charge is 2.33.